The Kier molecular flexibility index (Phi) is 4.73. The summed E-state index contributed by atoms with van der Waals surface area (Å²) in [6, 6.07) is 11.2. The van der Waals surface area contributed by atoms with E-state index >= 15 is 0 Å². The van der Waals surface area contributed by atoms with E-state index in [1.165, 1.54) is 0 Å². The van der Waals surface area contributed by atoms with Gasteiger partial charge >= 0.3 is 0 Å². The second-order valence-corrected chi connectivity index (χ2v) is 6.74. The summed E-state index contributed by atoms with van der Waals surface area (Å²) in [5.74, 6) is 1.59. The summed E-state index contributed by atoms with van der Waals surface area (Å²) in [4.78, 5) is 17.4. The van der Waals surface area contributed by atoms with E-state index in [9.17, 15) is 10.1 Å². The van der Waals surface area contributed by atoms with Gasteiger partial charge in [-0.25, -0.2) is 0 Å². The second-order valence-electron chi connectivity index (χ2n) is 6.74. The van der Waals surface area contributed by atoms with Crippen molar-refractivity contribution in [3.63, 3.8) is 0 Å². The highest BCUT2D eigenvalue weighted by atomic mass is 16.6. The number of pyridine rings is 1. The molecule has 0 radical (unpaired) electrons. The topological polar surface area (TPSA) is 77.7 Å². The standard InChI is InChI=1S/C21H21N3O4/c1-27-14-5-8-21(28-2)16(12-14)18-4-3-11-23(18)19-6-7-20(24(25)26)17-13-22-10-9-15(17)19/h5-10,12-13,18H,3-4,11H2,1-2H3. The van der Waals surface area contributed by atoms with Gasteiger partial charge in [-0.3, -0.25) is 15.1 Å². The van der Waals surface area contributed by atoms with Gasteiger partial charge in [0.15, 0.2) is 0 Å². The van der Waals surface area contributed by atoms with Crippen molar-refractivity contribution < 1.29 is 14.4 Å². The summed E-state index contributed by atoms with van der Waals surface area (Å²) >= 11 is 0. The van der Waals surface area contributed by atoms with Crippen molar-refractivity contribution in [2.75, 3.05) is 25.7 Å². The molecule has 2 heterocycles. The summed E-state index contributed by atoms with van der Waals surface area (Å²) in [6.07, 6.45) is 5.22. The van der Waals surface area contributed by atoms with Crippen molar-refractivity contribution in [2.45, 2.75) is 18.9 Å². The van der Waals surface area contributed by atoms with Gasteiger partial charge in [0.2, 0.25) is 0 Å². The lowest BCUT2D eigenvalue weighted by molar-refractivity contribution is -0.383. The second kappa shape index (κ2) is 7.34. The van der Waals surface area contributed by atoms with Crippen molar-refractivity contribution in [3.8, 4) is 11.5 Å². The molecule has 7 heteroatoms. The van der Waals surface area contributed by atoms with E-state index in [2.05, 4.69) is 9.88 Å². The number of nitro groups is 1. The van der Waals surface area contributed by atoms with Crippen LogP contribution in [0.3, 0.4) is 0 Å². The van der Waals surface area contributed by atoms with E-state index in [0.717, 1.165) is 47.5 Å². The number of methoxy groups -OCH3 is 2. The minimum atomic E-state index is -0.361. The van der Waals surface area contributed by atoms with Gasteiger partial charge in [0.25, 0.3) is 5.69 Å². The van der Waals surface area contributed by atoms with E-state index in [1.807, 2.05) is 30.3 Å². The molecule has 1 saturated heterocycles. The predicted octanol–water partition coefficient (Wildman–Crippen LogP) is 4.50. The number of nitro benzene ring substituents is 1. The van der Waals surface area contributed by atoms with Gasteiger partial charge in [0.1, 0.15) is 11.5 Å². The Bertz CT molecular complexity index is 1040. The van der Waals surface area contributed by atoms with Crippen molar-refractivity contribution in [1.82, 2.24) is 4.98 Å². The Hall–Kier alpha value is -3.35. The molecule has 3 aromatic rings. The summed E-state index contributed by atoms with van der Waals surface area (Å²) in [6.45, 7) is 0.861. The molecule has 28 heavy (non-hydrogen) atoms. The van der Waals surface area contributed by atoms with Gasteiger partial charge in [0.05, 0.1) is 30.6 Å². The number of aromatic nitrogens is 1. The first-order valence-corrected chi connectivity index (χ1v) is 9.13. The van der Waals surface area contributed by atoms with Gasteiger partial charge in [-0.05, 0) is 43.2 Å². The average molecular weight is 379 g/mol. The normalized spacial score (nSPS) is 16.4. The summed E-state index contributed by atoms with van der Waals surface area (Å²) in [5.41, 5.74) is 2.09. The molecule has 1 aliphatic rings. The Morgan fingerprint density at radius 2 is 2.00 bits per heavy atom. The van der Waals surface area contributed by atoms with Crippen LogP contribution in [-0.2, 0) is 0 Å². The van der Waals surface area contributed by atoms with Crippen LogP contribution >= 0.6 is 0 Å². The molecule has 0 aliphatic carbocycles. The molecule has 4 rings (SSSR count). The minimum absolute atomic E-state index is 0.0709. The lowest BCUT2D eigenvalue weighted by Crippen LogP contribution is -2.23. The van der Waals surface area contributed by atoms with Crippen LogP contribution in [0.15, 0.2) is 48.8 Å². The maximum atomic E-state index is 11.4. The molecule has 1 atom stereocenters. The number of nitrogens with zero attached hydrogens (tertiary/aromatic N) is 3. The number of non-ortho nitro benzene ring substituents is 1. The van der Waals surface area contributed by atoms with Crippen LogP contribution in [0.1, 0.15) is 24.4 Å². The molecule has 0 spiro atoms. The van der Waals surface area contributed by atoms with Crippen molar-refractivity contribution in [1.29, 1.82) is 0 Å². The Morgan fingerprint density at radius 1 is 1.14 bits per heavy atom. The van der Waals surface area contributed by atoms with Crippen LogP contribution in [0.25, 0.3) is 10.8 Å². The number of ether oxygens (including phenoxy) is 2. The van der Waals surface area contributed by atoms with E-state index in [1.54, 1.807) is 32.7 Å². The fourth-order valence-electron chi connectivity index (χ4n) is 4.05. The van der Waals surface area contributed by atoms with Crippen LogP contribution in [-0.4, -0.2) is 30.7 Å². The molecule has 0 bridgehead atoms. The first-order valence-electron chi connectivity index (χ1n) is 9.13. The first-order chi connectivity index (χ1) is 13.6. The molecule has 0 amide bonds. The fraction of sp³-hybridized carbons (Fsp3) is 0.286. The molecular weight excluding hydrogens is 358 g/mol. The van der Waals surface area contributed by atoms with Gasteiger partial charge in [-0.1, -0.05) is 0 Å². The van der Waals surface area contributed by atoms with Crippen LogP contribution in [0.4, 0.5) is 11.4 Å². The third kappa shape index (κ3) is 2.98. The minimum Gasteiger partial charge on any atom is -0.497 e. The molecule has 2 aromatic carbocycles. The maximum absolute atomic E-state index is 11.4. The number of hydrogen-bond acceptors (Lipinski definition) is 6. The van der Waals surface area contributed by atoms with Crippen molar-refractivity contribution in [3.05, 3.63) is 64.5 Å². The molecule has 1 aromatic heterocycles. The largest absolute Gasteiger partial charge is 0.497 e. The number of fused-ring (bicyclic) bond motifs is 1. The van der Waals surface area contributed by atoms with E-state index in [0.29, 0.717) is 5.39 Å². The highest BCUT2D eigenvalue weighted by Crippen LogP contribution is 2.44. The van der Waals surface area contributed by atoms with Crippen LogP contribution in [0.5, 0.6) is 11.5 Å². The van der Waals surface area contributed by atoms with Crippen LogP contribution < -0.4 is 14.4 Å². The van der Waals surface area contributed by atoms with Gasteiger partial charge < -0.3 is 14.4 Å². The van der Waals surface area contributed by atoms with E-state index in [4.69, 9.17) is 9.47 Å². The Labute approximate surface area is 162 Å². The number of benzene rings is 2. The Balaban J connectivity index is 1.84. The molecule has 1 unspecified atom stereocenters. The fourth-order valence-corrected chi connectivity index (χ4v) is 4.05. The highest BCUT2D eigenvalue weighted by molar-refractivity contribution is 5.99. The van der Waals surface area contributed by atoms with E-state index < -0.39 is 0 Å². The Morgan fingerprint density at radius 3 is 2.75 bits per heavy atom. The zero-order chi connectivity index (χ0) is 19.7. The van der Waals surface area contributed by atoms with Crippen molar-refractivity contribution >= 4 is 22.1 Å². The molecule has 0 N–H and O–H groups in total. The SMILES string of the molecule is COc1ccc(OC)c(C2CCCN2c2ccc([N+](=O)[O-])c3cnccc23)c1. The average Bonchev–Trinajstić information content (AvgIpc) is 3.21. The smallest absolute Gasteiger partial charge is 0.278 e. The first kappa shape index (κ1) is 18.0. The number of anilines is 1. The molecular formula is C21H21N3O4. The molecule has 1 aliphatic heterocycles. The number of rotatable bonds is 5. The summed E-state index contributed by atoms with van der Waals surface area (Å²) in [5, 5.41) is 12.8. The maximum Gasteiger partial charge on any atom is 0.278 e. The third-order valence-electron chi connectivity index (χ3n) is 5.33. The predicted molar refractivity (Wildman–Crippen MR) is 107 cm³/mol. The van der Waals surface area contributed by atoms with E-state index in [-0.39, 0.29) is 16.7 Å². The highest BCUT2D eigenvalue weighted by Gasteiger charge is 2.31. The van der Waals surface area contributed by atoms with Gasteiger partial charge in [-0.15, -0.1) is 0 Å². The summed E-state index contributed by atoms with van der Waals surface area (Å²) < 4.78 is 11.0. The number of hydrogen-bond donors (Lipinski definition) is 0. The molecule has 7 nitrogen and oxygen atoms in total. The zero-order valence-corrected chi connectivity index (χ0v) is 15.8. The van der Waals surface area contributed by atoms with Crippen molar-refractivity contribution in [2.24, 2.45) is 0 Å². The van der Waals surface area contributed by atoms with Gasteiger partial charge in [-0.2, -0.15) is 0 Å². The van der Waals surface area contributed by atoms with Crippen LogP contribution in [0, 0.1) is 10.1 Å². The molecule has 0 saturated carbocycles. The monoisotopic (exact) mass is 379 g/mol. The lowest BCUT2D eigenvalue weighted by Gasteiger charge is -2.29. The third-order valence-corrected chi connectivity index (χ3v) is 5.33. The van der Waals surface area contributed by atoms with Gasteiger partial charge in [0, 0.05) is 41.6 Å². The quantitative estimate of drug-likeness (QED) is 0.480. The van der Waals surface area contributed by atoms with Crippen LogP contribution in [0.2, 0.25) is 0 Å². The molecule has 1 fully saturated rings. The summed E-state index contributed by atoms with van der Waals surface area (Å²) in [7, 11) is 3.31. The lowest BCUT2D eigenvalue weighted by atomic mass is 10.0. The molecule has 144 valence electrons. The zero-order valence-electron chi connectivity index (χ0n) is 15.8.